The molecule has 142 valence electrons. The fourth-order valence-electron chi connectivity index (χ4n) is 2.94. The van der Waals surface area contributed by atoms with Crippen molar-refractivity contribution in [1.29, 1.82) is 0 Å². The maximum absolute atomic E-state index is 12.5. The quantitative estimate of drug-likeness (QED) is 0.624. The van der Waals surface area contributed by atoms with Gasteiger partial charge in [0.15, 0.2) is 11.6 Å². The van der Waals surface area contributed by atoms with E-state index in [0.717, 1.165) is 11.5 Å². The molecule has 0 saturated carbocycles. The molecular weight excluding hydrogens is 370 g/mol. The van der Waals surface area contributed by atoms with Gasteiger partial charge in [-0.2, -0.15) is 9.40 Å². The van der Waals surface area contributed by atoms with E-state index in [0.29, 0.717) is 37.7 Å². The zero-order chi connectivity index (χ0) is 18.9. The lowest BCUT2D eigenvalue weighted by Gasteiger charge is -2.34. The van der Waals surface area contributed by atoms with Crippen LogP contribution in [-0.4, -0.2) is 64.0 Å². The van der Waals surface area contributed by atoms with Gasteiger partial charge in [0.1, 0.15) is 12.0 Å². The third kappa shape index (κ3) is 3.83. The SMILES string of the molecule is Cc1ccn(-c2ccc(N3CCN(S(=O)(=O)Cc4ccon4)CC3)nn2)n1. The Kier molecular flexibility index (Phi) is 4.62. The van der Waals surface area contributed by atoms with Gasteiger partial charge in [0.2, 0.25) is 10.0 Å². The van der Waals surface area contributed by atoms with Crippen LogP contribution in [0.2, 0.25) is 0 Å². The number of anilines is 1. The lowest BCUT2D eigenvalue weighted by Crippen LogP contribution is -2.49. The Morgan fingerprint density at radius 1 is 1.04 bits per heavy atom. The minimum absolute atomic E-state index is 0.151. The third-order valence-electron chi connectivity index (χ3n) is 4.37. The lowest BCUT2D eigenvalue weighted by atomic mass is 10.3. The van der Waals surface area contributed by atoms with Crippen LogP contribution in [0.3, 0.4) is 0 Å². The molecule has 0 unspecified atom stereocenters. The first-order valence-electron chi connectivity index (χ1n) is 8.50. The number of aromatic nitrogens is 5. The van der Waals surface area contributed by atoms with Gasteiger partial charge < -0.3 is 9.42 Å². The Bertz CT molecular complexity index is 991. The summed E-state index contributed by atoms with van der Waals surface area (Å²) in [7, 11) is -3.42. The van der Waals surface area contributed by atoms with Gasteiger partial charge in [0.25, 0.3) is 0 Å². The monoisotopic (exact) mass is 389 g/mol. The number of nitrogens with zero attached hydrogens (tertiary/aromatic N) is 7. The Labute approximate surface area is 156 Å². The summed E-state index contributed by atoms with van der Waals surface area (Å²) in [6.45, 7) is 3.79. The molecule has 0 radical (unpaired) electrons. The largest absolute Gasteiger partial charge is 0.364 e. The molecule has 3 aromatic heterocycles. The molecule has 11 heteroatoms. The van der Waals surface area contributed by atoms with Crippen molar-refractivity contribution < 1.29 is 12.9 Å². The van der Waals surface area contributed by atoms with Crippen LogP contribution >= 0.6 is 0 Å². The zero-order valence-corrected chi connectivity index (χ0v) is 15.6. The van der Waals surface area contributed by atoms with E-state index in [-0.39, 0.29) is 5.75 Å². The second kappa shape index (κ2) is 7.08. The maximum atomic E-state index is 12.5. The van der Waals surface area contributed by atoms with E-state index in [4.69, 9.17) is 4.52 Å². The first-order valence-corrected chi connectivity index (χ1v) is 10.1. The minimum Gasteiger partial charge on any atom is -0.364 e. The van der Waals surface area contributed by atoms with Crippen molar-refractivity contribution in [2.45, 2.75) is 12.7 Å². The third-order valence-corrected chi connectivity index (χ3v) is 6.18. The molecule has 0 amide bonds. The molecule has 3 aromatic rings. The molecule has 1 saturated heterocycles. The number of rotatable bonds is 5. The number of hydrogen-bond donors (Lipinski definition) is 0. The van der Waals surface area contributed by atoms with Crippen LogP contribution in [-0.2, 0) is 15.8 Å². The highest BCUT2D eigenvalue weighted by atomic mass is 32.2. The second-order valence-corrected chi connectivity index (χ2v) is 8.25. The molecule has 4 rings (SSSR count). The lowest BCUT2D eigenvalue weighted by molar-refractivity contribution is 0.380. The standard InChI is InChI=1S/C16H19N7O3S/c1-13-4-6-23(19-13)16-3-2-15(17-18-16)21-7-9-22(10-8-21)27(24,25)12-14-5-11-26-20-14/h2-6,11H,7-10,12H2,1H3. The highest BCUT2D eigenvalue weighted by Crippen LogP contribution is 2.17. The molecule has 1 aliphatic heterocycles. The van der Waals surface area contributed by atoms with E-state index in [9.17, 15) is 8.42 Å². The molecule has 4 heterocycles. The summed E-state index contributed by atoms with van der Waals surface area (Å²) in [5.74, 6) is 1.21. The molecule has 0 atom stereocenters. The summed E-state index contributed by atoms with van der Waals surface area (Å²) in [6.07, 6.45) is 3.20. The summed E-state index contributed by atoms with van der Waals surface area (Å²) < 4.78 is 32.8. The van der Waals surface area contributed by atoms with Crippen LogP contribution < -0.4 is 4.90 Å². The first-order chi connectivity index (χ1) is 13.0. The van der Waals surface area contributed by atoms with E-state index in [1.165, 1.54) is 10.6 Å². The van der Waals surface area contributed by atoms with Crippen LogP contribution in [0.4, 0.5) is 5.82 Å². The Morgan fingerprint density at radius 2 is 1.78 bits per heavy atom. The van der Waals surface area contributed by atoms with Crippen LogP contribution in [0.1, 0.15) is 11.4 Å². The van der Waals surface area contributed by atoms with Crippen molar-refractivity contribution in [3.8, 4) is 5.82 Å². The molecule has 10 nitrogen and oxygen atoms in total. The van der Waals surface area contributed by atoms with E-state index in [1.54, 1.807) is 10.7 Å². The Morgan fingerprint density at radius 3 is 2.37 bits per heavy atom. The van der Waals surface area contributed by atoms with Crippen LogP contribution in [0.25, 0.3) is 5.82 Å². The van der Waals surface area contributed by atoms with Crippen molar-refractivity contribution >= 4 is 15.8 Å². The summed E-state index contributed by atoms with van der Waals surface area (Å²) >= 11 is 0. The average Bonchev–Trinajstić information content (AvgIpc) is 3.33. The summed E-state index contributed by atoms with van der Waals surface area (Å²) in [6, 6.07) is 7.18. The summed E-state index contributed by atoms with van der Waals surface area (Å²) in [4.78, 5) is 2.02. The van der Waals surface area contributed by atoms with Gasteiger partial charge in [-0.1, -0.05) is 5.16 Å². The molecule has 0 aromatic carbocycles. The van der Waals surface area contributed by atoms with Gasteiger partial charge in [-0.05, 0) is 25.1 Å². The normalized spacial score (nSPS) is 16.0. The topological polar surface area (TPSA) is 110 Å². The molecular formula is C16H19N7O3S. The molecule has 27 heavy (non-hydrogen) atoms. The van der Waals surface area contributed by atoms with Crippen molar-refractivity contribution in [1.82, 2.24) is 29.4 Å². The molecule has 1 aliphatic rings. The van der Waals surface area contributed by atoms with Gasteiger partial charge >= 0.3 is 0 Å². The number of piperazine rings is 1. The van der Waals surface area contributed by atoms with Crippen molar-refractivity contribution in [3.63, 3.8) is 0 Å². The van der Waals surface area contributed by atoms with Crippen LogP contribution in [0.5, 0.6) is 0 Å². The van der Waals surface area contributed by atoms with Crippen LogP contribution in [0, 0.1) is 6.92 Å². The van der Waals surface area contributed by atoms with Crippen molar-refractivity contribution in [3.05, 3.63) is 48.1 Å². The molecule has 0 N–H and O–H groups in total. The van der Waals surface area contributed by atoms with E-state index < -0.39 is 10.0 Å². The molecule has 1 fully saturated rings. The smallest absolute Gasteiger partial charge is 0.220 e. The average molecular weight is 389 g/mol. The van der Waals surface area contributed by atoms with Crippen molar-refractivity contribution in [2.24, 2.45) is 0 Å². The van der Waals surface area contributed by atoms with Crippen molar-refractivity contribution in [2.75, 3.05) is 31.1 Å². The second-order valence-electron chi connectivity index (χ2n) is 6.28. The first kappa shape index (κ1) is 17.6. The fourth-order valence-corrected chi connectivity index (χ4v) is 4.36. The Hall–Kier alpha value is -2.79. The number of sulfonamides is 1. The predicted molar refractivity (Wildman–Crippen MR) is 96.8 cm³/mol. The van der Waals surface area contributed by atoms with Gasteiger partial charge in [-0.25, -0.2) is 13.1 Å². The molecule has 0 spiro atoms. The highest BCUT2D eigenvalue weighted by Gasteiger charge is 2.28. The predicted octanol–water partition coefficient (Wildman–Crippen LogP) is 0.611. The highest BCUT2D eigenvalue weighted by molar-refractivity contribution is 7.88. The number of aryl methyl sites for hydroxylation is 1. The van der Waals surface area contributed by atoms with Gasteiger partial charge in [0, 0.05) is 38.4 Å². The molecule has 0 bridgehead atoms. The minimum atomic E-state index is -3.42. The van der Waals surface area contributed by atoms with E-state index in [1.807, 2.05) is 36.2 Å². The maximum Gasteiger partial charge on any atom is 0.220 e. The number of hydrogen-bond acceptors (Lipinski definition) is 8. The molecule has 0 aliphatic carbocycles. The van der Waals surface area contributed by atoms with Gasteiger partial charge in [0.05, 0.1) is 11.4 Å². The van der Waals surface area contributed by atoms with E-state index >= 15 is 0 Å². The van der Waals surface area contributed by atoms with E-state index in [2.05, 4.69) is 20.5 Å². The van der Waals surface area contributed by atoms with Gasteiger partial charge in [-0.3, -0.25) is 0 Å². The Balaban J connectivity index is 1.39. The van der Waals surface area contributed by atoms with Gasteiger partial charge in [-0.15, -0.1) is 10.2 Å². The zero-order valence-electron chi connectivity index (χ0n) is 14.8. The van der Waals surface area contributed by atoms with Crippen LogP contribution in [0.15, 0.2) is 41.2 Å². The summed E-state index contributed by atoms with van der Waals surface area (Å²) in [5.41, 5.74) is 1.32. The fraction of sp³-hybridized carbons (Fsp3) is 0.375. The summed E-state index contributed by atoms with van der Waals surface area (Å²) in [5, 5.41) is 16.5.